The average molecular weight is 342 g/mol. The highest BCUT2D eigenvalue weighted by molar-refractivity contribution is 8.18. The van der Waals surface area contributed by atoms with Crippen molar-refractivity contribution in [1.29, 1.82) is 0 Å². The summed E-state index contributed by atoms with van der Waals surface area (Å²) in [5.74, 6) is -1.63. The molecule has 114 valence electrons. The molecule has 9 heteroatoms. The first-order valence-corrected chi connectivity index (χ1v) is 7.04. The summed E-state index contributed by atoms with van der Waals surface area (Å²) in [7, 11) is 1.21. The second-order valence-corrected chi connectivity index (χ2v) is 5.35. The van der Waals surface area contributed by atoms with Crippen LogP contribution in [0.4, 0.5) is 4.39 Å². The standard InChI is InChI=1S/C13H9ClFN3O3S/c1-21-11(19)5-10-12(20)17-13(22-10)18-16-6-7-2-3-9(15)8(14)4-7/h2-6H,1H3,(H,17,18,20)/b10-5+,16-6?. The molecule has 0 aliphatic carbocycles. The minimum atomic E-state index is -0.636. The van der Waals surface area contributed by atoms with Crippen molar-refractivity contribution in [1.82, 2.24) is 5.32 Å². The predicted octanol–water partition coefficient (Wildman–Crippen LogP) is 2.09. The SMILES string of the molecule is COC(=O)/C=C1/S/C(=N\N=Cc2ccc(F)c(Cl)c2)NC1=O. The van der Waals surface area contributed by atoms with Gasteiger partial charge in [0.2, 0.25) is 0 Å². The number of amides is 1. The van der Waals surface area contributed by atoms with Gasteiger partial charge in [-0.1, -0.05) is 17.7 Å². The number of nitrogens with one attached hydrogen (secondary N) is 1. The van der Waals surface area contributed by atoms with Gasteiger partial charge in [-0.2, -0.15) is 5.10 Å². The number of hydrogen-bond donors (Lipinski definition) is 1. The van der Waals surface area contributed by atoms with Gasteiger partial charge in [-0.05, 0) is 29.5 Å². The number of amidine groups is 1. The Morgan fingerprint density at radius 1 is 1.50 bits per heavy atom. The summed E-state index contributed by atoms with van der Waals surface area (Å²) in [6, 6.07) is 4.08. The Hall–Kier alpha value is -2.19. The molecule has 0 unspecified atom stereocenters. The molecule has 1 saturated heterocycles. The quantitative estimate of drug-likeness (QED) is 0.395. The molecule has 1 N–H and O–H groups in total. The summed E-state index contributed by atoms with van der Waals surface area (Å²) in [6.45, 7) is 0. The Bertz CT molecular complexity index is 718. The van der Waals surface area contributed by atoms with E-state index < -0.39 is 17.7 Å². The Labute approximate surface area is 134 Å². The third-order valence-corrected chi connectivity index (χ3v) is 3.59. The molecule has 1 aromatic rings. The summed E-state index contributed by atoms with van der Waals surface area (Å²) in [6.07, 6.45) is 2.42. The van der Waals surface area contributed by atoms with Crippen LogP contribution in [0.25, 0.3) is 0 Å². The summed E-state index contributed by atoms with van der Waals surface area (Å²) in [5.41, 5.74) is 0.551. The van der Waals surface area contributed by atoms with Gasteiger partial charge in [-0.25, -0.2) is 9.18 Å². The Morgan fingerprint density at radius 3 is 2.95 bits per heavy atom. The normalized spacial score (nSPS) is 18.2. The van der Waals surface area contributed by atoms with Crippen molar-refractivity contribution < 1.29 is 18.7 Å². The van der Waals surface area contributed by atoms with E-state index in [1.807, 2.05) is 0 Å². The van der Waals surface area contributed by atoms with Crippen LogP contribution in [-0.4, -0.2) is 30.4 Å². The first-order valence-electron chi connectivity index (χ1n) is 5.84. The molecule has 0 atom stereocenters. The molecule has 1 aromatic carbocycles. The number of methoxy groups -OCH3 is 1. The molecule has 1 heterocycles. The molecule has 0 aromatic heterocycles. The lowest BCUT2D eigenvalue weighted by Crippen LogP contribution is -2.19. The van der Waals surface area contributed by atoms with Crippen LogP contribution in [0.5, 0.6) is 0 Å². The molecule has 0 bridgehead atoms. The van der Waals surface area contributed by atoms with E-state index in [2.05, 4.69) is 20.3 Å². The number of esters is 1. The second-order valence-electron chi connectivity index (χ2n) is 3.91. The van der Waals surface area contributed by atoms with E-state index in [4.69, 9.17) is 11.6 Å². The van der Waals surface area contributed by atoms with E-state index in [-0.39, 0.29) is 15.1 Å². The van der Waals surface area contributed by atoms with Crippen molar-refractivity contribution in [3.8, 4) is 0 Å². The summed E-state index contributed by atoms with van der Waals surface area (Å²) in [4.78, 5) is 22.8. The van der Waals surface area contributed by atoms with E-state index in [0.717, 1.165) is 17.8 Å². The number of thioether (sulfide) groups is 1. The van der Waals surface area contributed by atoms with Gasteiger partial charge < -0.3 is 4.74 Å². The first-order chi connectivity index (χ1) is 10.5. The van der Waals surface area contributed by atoms with Crippen LogP contribution < -0.4 is 5.32 Å². The van der Waals surface area contributed by atoms with E-state index in [9.17, 15) is 14.0 Å². The van der Waals surface area contributed by atoms with Gasteiger partial charge in [-0.15, -0.1) is 5.10 Å². The Morgan fingerprint density at radius 2 is 2.27 bits per heavy atom. The van der Waals surface area contributed by atoms with E-state index in [0.29, 0.717) is 5.56 Å². The van der Waals surface area contributed by atoms with Crippen molar-refractivity contribution in [2.24, 2.45) is 10.2 Å². The van der Waals surface area contributed by atoms with Crippen LogP contribution >= 0.6 is 23.4 Å². The topological polar surface area (TPSA) is 80.1 Å². The number of carbonyl (C=O) groups excluding carboxylic acids is 2. The van der Waals surface area contributed by atoms with Crippen LogP contribution in [0.1, 0.15) is 5.56 Å². The molecular weight excluding hydrogens is 333 g/mol. The Balaban J connectivity index is 2.06. The lowest BCUT2D eigenvalue weighted by molar-refractivity contribution is -0.135. The fourth-order valence-electron chi connectivity index (χ4n) is 1.38. The van der Waals surface area contributed by atoms with Gasteiger partial charge >= 0.3 is 5.97 Å². The number of ether oxygens (including phenoxy) is 1. The second kappa shape index (κ2) is 7.19. The molecule has 0 saturated carbocycles. The summed E-state index contributed by atoms with van der Waals surface area (Å²) >= 11 is 6.59. The van der Waals surface area contributed by atoms with Crippen LogP contribution in [0.2, 0.25) is 5.02 Å². The average Bonchev–Trinajstić information content (AvgIpc) is 2.83. The van der Waals surface area contributed by atoms with Crippen molar-refractivity contribution in [3.05, 3.63) is 45.6 Å². The number of nitrogens with zero attached hydrogens (tertiary/aromatic N) is 2. The van der Waals surface area contributed by atoms with E-state index in [1.165, 1.54) is 31.5 Å². The minimum absolute atomic E-state index is 0.0246. The van der Waals surface area contributed by atoms with Gasteiger partial charge in [0.25, 0.3) is 5.91 Å². The van der Waals surface area contributed by atoms with Gasteiger partial charge in [0.1, 0.15) is 5.82 Å². The minimum Gasteiger partial charge on any atom is -0.466 e. The fraction of sp³-hybridized carbons (Fsp3) is 0.0769. The highest BCUT2D eigenvalue weighted by Gasteiger charge is 2.24. The maximum atomic E-state index is 13.0. The molecule has 22 heavy (non-hydrogen) atoms. The lowest BCUT2D eigenvalue weighted by atomic mass is 10.2. The van der Waals surface area contributed by atoms with E-state index in [1.54, 1.807) is 0 Å². The van der Waals surface area contributed by atoms with Crippen LogP contribution in [0.3, 0.4) is 0 Å². The predicted molar refractivity (Wildman–Crippen MR) is 82.3 cm³/mol. The molecule has 6 nitrogen and oxygen atoms in total. The molecule has 1 aliphatic rings. The van der Waals surface area contributed by atoms with Crippen molar-refractivity contribution in [2.45, 2.75) is 0 Å². The lowest BCUT2D eigenvalue weighted by Gasteiger charge is -1.95. The van der Waals surface area contributed by atoms with Crippen LogP contribution in [-0.2, 0) is 14.3 Å². The number of rotatable bonds is 3. The van der Waals surface area contributed by atoms with Gasteiger partial charge in [0.15, 0.2) is 5.17 Å². The largest absolute Gasteiger partial charge is 0.466 e. The zero-order valence-corrected chi connectivity index (χ0v) is 12.7. The number of hydrogen-bond acceptors (Lipinski definition) is 6. The number of benzene rings is 1. The molecule has 0 spiro atoms. The fourth-order valence-corrected chi connectivity index (χ4v) is 2.31. The van der Waals surface area contributed by atoms with Gasteiger partial charge in [0, 0.05) is 6.08 Å². The highest BCUT2D eigenvalue weighted by Crippen LogP contribution is 2.23. The third kappa shape index (κ3) is 4.15. The van der Waals surface area contributed by atoms with E-state index >= 15 is 0 Å². The maximum Gasteiger partial charge on any atom is 0.331 e. The monoisotopic (exact) mass is 341 g/mol. The molecular formula is C13H9ClFN3O3S. The Kier molecular flexibility index (Phi) is 5.29. The number of carbonyl (C=O) groups is 2. The van der Waals surface area contributed by atoms with Crippen LogP contribution in [0, 0.1) is 5.82 Å². The van der Waals surface area contributed by atoms with Crippen molar-refractivity contribution in [3.63, 3.8) is 0 Å². The highest BCUT2D eigenvalue weighted by atomic mass is 35.5. The third-order valence-electron chi connectivity index (χ3n) is 2.40. The molecule has 1 aliphatic heterocycles. The number of halogens is 2. The van der Waals surface area contributed by atoms with Gasteiger partial charge in [-0.3, -0.25) is 10.1 Å². The summed E-state index contributed by atoms with van der Waals surface area (Å²) in [5, 5.41) is 10.2. The zero-order chi connectivity index (χ0) is 16.1. The molecule has 2 rings (SSSR count). The molecule has 0 radical (unpaired) electrons. The molecule has 1 fully saturated rings. The van der Waals surface area contributed by atoms with Crippen molar-refractivity contribution in [2.75, 3.05) is 7.11 Å². The zero-order valence-electron chi connectivity index (χ0n) is 11.2. The smallest absolute Gasteiger partial charge is 0.331 e. The first kappa shape index (κ1) is 16.2. The van der Waals surface area contributed by atoms with Gasteiger partial charge in [0.05, 0.1) is 23.3 Å². The van der Waals surface area contributed by atoms with Crippen LogP contribution in [0.15, 0.2) is 39.4 Å². The molecule has 1 amide bonds. The maximum absolute atomic E-state index is 13.0. The van der Waals surface area contributed by atoms with Crippen molar-refractivity contribution >= 4 is 46.6 Å². The summed E-state index contributed by atoms with van der Waals surface area (Å²) < 4.78 is 17.4.